The zero-order chi connectivity index (χ0) is 10.7. The van der Waals surface area contributed by atoms with Crippen LogP contribution in [0.25, 0.3) is 0 Å². The fourth-order valence-electron chi connectivity index (χ4n) is 2.52. The topological polar surface area (TPSA) is 0 Å². The first kappa shape index (κ1) is 13.4. The van der Waals surface area contributed by atoms with E-state index < -0.39 is 0 Å². The third-order valence-corrected chi connectivity index (χ3v) is 2.84. The Kier molecular flexibility index (Phi) is 4.85. The fourth-order valence-corrected chi connectivity index (χ4v) is 2.64. The van der Waals surface area contributed by atoms with E-state index in [1.807, 2.05) is 0 Å². The standard InChI is InChI=1S/C12H26S/c1-10(8-13)7-12(5,6)9-11(2,3)4/h10,13H,7-9H2,1-6H3. The summed E-state index contributed by atoms with van der Waals surface area (Å²) in [7, 11) is 0. The van der Waals surface area contributed by atoms with E-state index in [-0.39, 0.29) is 0 Å². The van der Waals surface area contributed by atoms with Crippen LogP contribution in [0.15, 0.2) is 0 Å². The van der Waals surface area contributed by atoms with Gasteiger partial charge in [0.15, 0.2) is 0 Å². The van der Waals surface area contributed by atoms with E-state index in [2.05, 4.69) is 54.2 Å². The van der Waals surface area contributed by atoms with Crippen LogP contribution in [0.5, 0.6) is 0 Å². The highest BCUT2D eigenvalue weighted by Crippen LogP contribution is 2.37. The molecular weight excluding hydrogens is 176 g/mol. The Morgan fingerprint density at radius 3 is 1.85 bits per heavy atom. The summed E-state index contributed by atoms with van der Waals surface area (Å²) in [4.78, 5) is 0. The molecule has 0 saturated heterocycles. The van der Waals surface area contributed by atoms with Gasteiger partial charge in [0.25, 0.3) is 0 Å². The first-order valence-corrected chi connectivity index (χ1v) is 5.90. The number of thiol groups is 1. The van der Waals surface area contributed by atoms with Gasteiger partial charge in [-0.05, 0) is 35.3 Å². The Morgan fingerprint density at radius 2 is 1.54 bits per heavy atom. The molecule has 0 aromatic rings. The molecule has 0 radical (unpaired) electrons. The molecule has 0 aliphatic heterocycles. The smallest absolute Gasteiger partial charge is 0.00719 e. The van der Waals surface area contributed by atoms with Gasteiger partial charge in [0, 0.05) is 0 Å². The van der Waals surface area contributed by atoms with Gasteiger partial charge in [-0.2, -0.15) is 12.6 Å². The van der Waals surface area contributed by atoms with Crippen LogP contribution in [0.2, 0.25) is 0 Å². The number of rotatable bonds is 4. The summed E-state index contributed by atoms with van der Waals surface area (Å²) in [6.45, 7) is 14.0. The molecule has 0 heterocycles. The van der Waals surface area contributed by atoms with Crippen molar-refractivity contribution in [1.82, 2.24) is 0 Å². The second kappa shape index (κ2) is 4.72. The van der Waals surface area contributed by atoms with E-state index in [0.29, 0.717) is 10.8 Å². The zero-order valence-electron chi connectivity index (χ0n) is 10.1. The Labute approximate surface area is 89.9 Å². The Bertz CT molecular complexity index is 142. The summed E-state index contributed by atoms with van der Waals surface area (Å²) in [6, 6.07) is 0. The molecule has 0 nitrogen and oxygen atoms in total. The van der Waals surface area contributed by atoms with Crippen LogP contribution < -0.4 is 0 Å². The third kappa shape index (κ3) is 7.42. The molecule has 13 heavy (non-hydrogen) atoms. The molecule has 0 aromatic carbocycles. The highest BCUT2D eigenvalue weighted by Gasteiger charge is 2.26. The van der Waals surface area contributed by atoms with Crippen LogP contribution in [0, 0.1) is 16.7 Å². The Morgan fingerprint density at radius 1 is 1.08 bits per heavy atom. The zero-order valence-corrected chi connectivity index (χ0v) is 11.0. The van der Waals surface area contributed by atoms with Crippen LogP contribution in [-0.2, 0) is 0 Å². The molecular formula is C12H26S. The molecule has 1 atom stereocenters. The fraction of sp³-hybridized carbons (Fsp3) is 1.00. The molecule has 1 heteroatoms. The Balaban J connectivity index is 4.08. The maximum atomic E-state index is 4.34. The summed E-state index contributed by atoms with van der Waals surface area (Å²) in [5.41, 5.74) is 0.903. The van der Waals surface area contributed by atoms with Gasteiger partial charge in [-0.15, -0.1) is 0 Å². The first-order valence-electron chi connectivity index (χ1n) is 5.27. The molecule has 0 aliphatic carbocycles. The maximum absolute atomic E-state index is 4.34. The molecule has 0 N–H and O–H groups in total. The van der Waals surface area contributed by atoms with Gasteiger partial charge in [-0.1, -0.05) is 41.5 Å². The summed E-state index contributed by atoms with van der Waals surface area (Å²) in [6.07, 6.45) is 2.58. The first-order chi connectivity index (χ1) is 5.66. The second-order valence-electron chi connectivity index (χ2n) is 6.39. The SMILES string of the molecule is CC(CS)CC(C)(C)CC(C)(C)C. The molecule has 0 bridgehead atoms. The lowest BCUT2D eigenvalue weighted by molar-refractivity contribution is 0.180. The predicted octanol–water partition coefficient (Wildman–Crippen LogP) is 4.40. The van der Waals surface area contributed by atoms with Gasteiger partial charge in [-0.3, -0.25) is 0 Å². The highest BCUT2D eigenvalue weighted by molar-refractivity contribution is 7.80. The van der Waals surface area contributed by atoms with Gasteiger partial charge in [-0.25, -0.2) is 0 Å². The summed E-state index contributed by atoms with van der Waals surface area (Å²) < 4.78 is 0. The number of hydrogen-bond acceptors (Lipinski definition) is 1. The molecule has 80 valence electrons. The van der Waals surface area contributed by atoms with Crippen LogP contribution in [-0.4, -0.2) is 5.75 Å². The van der Waals surface area contributed by atoms with Crippen molar-refractivity contribution in [3.8, 4) is 0 Å². The van der Waals surface area contributed by atoms with Crippen LogP contribution in [0.3, 0.4) is 0 Å². The van der Waals surface area contributed by atoms with Crippen molar-refractivity contribution >= 4 is 12.6 Å². The van der Waals surface area contributed by atoms with Crippen molar-refractivity contribution in [3.63, 3.8) is 0 Å². The minimum atomic E-state index is 0.444. The van der Waals surface area contributed by atoms with Crippen LogP contribution in [0.4, 0.5) is 0 Å². The maximum Gasteiger partial charge on any atom is -0.00719 e. The van der Waals surface area contributed by atoms with Crippen molar-refractivity contribution in [2.24, 2.45) is 16.7 Å². The van der Waals surface area contributed by atoms with E-state index in [1.165, 1.54) is 12.8 Å². The van der Waals surface area contributed by atoms with Gasteiger partial charge in [0.1, 0.15) is 0 Å². The summed E-state index contributed by atoms with van der Waals surface area (Å²) >= 11 is 4.34. The molecule has 0 amide bonds. The molecule has 0 spiro atoms. The van der Waals surface area contributed by atoms with Gasteiger partial charge in [0.2, 0.25) is 0 Å². The van der Waals surface area contributed by atoms with Crippen molar-refractivity contribution < 1.29 is 0 Å². The van der Waals surface area contributed by atoms with Crippen molar-refractivity contribution in [1.29, 1.82) is 0 Å². The molecule has 1 unspecified atom stereocenters. The largest absolute Gasteiger partial charge is 0.179 e. The van der Waals surface area contributed by atoms with Gasteiger partial charge < -0.3 is 0 Å². The monoisotopic (exact) mass is 202 g/mol. The summed E-state index contributed by atoms with van der Waals surface area (Å²) in [5.74, 6) is 1.74. The minimum Gasteiger partial charge on any atom is -0.179 e. The van der Waals surface area contributed by atoms with E-state index in [9.17, 15) is 0 Å². The lowest BCUT2D eigenvalue weighted by atomic mass is 9.72. The third-order valence-electron chi connectivity index (χ3n) is 2.22. The molecule has 0 fully saturated rings. The minimum absolute atomic E-state index is 0.444. The van der Waals surface area contributed by atoms with Gasteiger partial charge in [0.05, 0.1) is 0 Å². The average molecular weight is 202 g/mol. The van der Waals surface area contributed by atoms with E-state index in [0.717, 1.165) is 11.7 Å². The van der Waals surface area contributed by atoms with E-state index in [4.69, 9.17) is 0 Å². The second-order valence-corrected chi connectivity index (χ2v) is 6.76. The van der Waals surface area contributed by atoms with Crippen LogP contribution in [0.1, 0.15) is 54.4 Å². The summed E-state index contributed by atoms with van der Waals surface area (Å²) in [5, 5.41) is 0. The molecule has 0 aliphatic rings. The van der Waals surface area contributed by atoms with Crippen molar-refractivity contribution in [3.05, 3.63) is 0 Å². The highest BCUT2D eigenvalue weighted by atomic mass is 32.1. The molecule has 0 saturated carbocycles. The molecule has 0 rings (SSSR count). The normalized spacial score (nSPS) is 15.9. The average Bonchev–Trinajstić information content (AvgIpc) is 1.80. The predicted molar refractivity (Wildman–Crippen MR) is 65.5 cm³/mol. The van der Waals surface area contributed by atoms with E-state index >= 15 is 0 Å². The van der Waals surface area contributed by atoms with Crippen LogP contribution >= 0.6 is 12.6 Å². The van der Waals surface area contributed by atoms with Crippen molar-refractivity contribution in [2.75, 3.05) is 5.75 Å². The lowest BCUT2D eigenvalue weighted by Gasteiger charge is -2.34. The Hall–Kier alpha value is 0.350. The van der Waals surface area contributed by atoms with E-state index in [1.54, 1.807) is 0 Å². The molecule has 0 aromatic heterocycles. The lowest BCUT2D eigenvalue weighted by Crippen LogP contribution is -2.23. The van der Waals surface area contributed by atoms with Crippen molar-refractivity contribution in [2.45, 2.75) is 54.4 Å². The quantitative estimate of drug-likeness (QED) is 0.642. The van der Waals surface area contributed by atoms with Gasteiger partial charge >= 0.3 is 0 Å². The number of hydrogen-bond donors (Lipinski definition) is 1.